The summed E-state index contributed by atoms with van der Waals surface area (Å²) < 4.78 is 7.23. The molecule has 6 nitrogen and oxygen atoms in total. The zero-order valence-corrected chi connectivity index (χ0v) is 17.8. The number of aromatic nitrogens is 3. The monoisotopic (exact) mass is 422 g/mol. The second-order valence-electron chi connectivity index (χ2n) is 7.00. The zero-order chi connectivity index (χ0) is 19.8. The molecule has 152 valence electrons. The van der Waals surface area contributed by atoms with E-state index in [4.69, 9.17) is 16.3 Å². The molecular formula is C20H27ClN4O2S. The van der Waals surface area contributed by atoms with Gasteiger partial charge in [0.25, 0.3) is 0 Å². The van der Waals surface area contributed by atoms with Crippen LogP contribution in [0.1, 0.15) is 38.5 Å². The molecule has 0 aliphatic heterocycles. The van der Waals surface area contributed by atoms with Gasteiger partial charge in [-0.15, -0.1) is 10.2 Å². The molecule has 0 unspecified atom stereocenters. The van der Waals surface area contributed by atoms with Gasteiger partial charge in [-0.3, -0.25) is 9.36 Å². The third-order valence-electron chi connectivity index (χ3n) is 4.89. The fourth-order valence-corrected chi connectivity index (χ4v) is 4.32. The molecule has 1 amide bonds. The van der Waals surface area contributed by atoms with Gasteiger partial charge in [0, 0.05) is 23.7 Å². The molecule has 1 aromatic carbocycles. The molecule has 8 heteroatoms. The Balaban J connectivity index is 1.65. The first-order chi connectivity index (χ1) is 13.7. The van der Waals surface area contributed by atoms with E-state index in [2.05, 4.69) is 15.5 Å². The van der Waals surface area contributed by atoms with E-state index in [0.29, 0.717) is 30.0 Å². The highest BCUT2D eigenvalue weighted by atomic mass is 35.5. The van der Waals surface area contributed by atoms with Crippen molar-refractivity contribution in [2.45, 2.75) is 56.3 Å². The Morgan fingerprint density at radius 3 is 2.61 bits per heavy atom. The Hall–Kier alpha value is -1.57. The Morgan fingerprint density at radius 2 is 1.93 bits per heavy atom. The van der Waals surface area contributed by atoms with Gasteiger partial charge < -0.3 is 10.1 Å². The van der Waals surface area contributed by atoms with Crippen molar-refractivity contribution in [1.29, 1.82) is 0 Å². The van der Waals surface area contributed by atoms with Gasteiger partial charge in [0.2, 0.25) is 5.91 Å². The molecule has 1 aliphatic carbocycles. The third-order valence-corrected chi connectivity index (χ3v) is 6.11. The SMILES string of the molecule is COCCn1c(SCC(=O)NC2CCCCCC2)nnc1-c1ccc(Cl)cc1. The zero-order valence-electron chi connectivity index (χ0n) is 16.2. The van der Waals surface area contributed by atoms with Gasteiger partial charge in [0.05, 0.1) is 18.9 Å². The smallest absolute Gasteiger partial charge is 0.230 e. The first kappa shape index (κ1) is 21.1. The number of carbonyl (C=O) groups excluding carboxylic acids is 1. The third kappa shape index (κ3) is 5.96. The van der Waals surface area contributed by atoms with Crippen LogP contribution >= 0.6 is 23.4 Å². The molecule has 3 rings (SSSR count). The van der Waals surface area contributed by atoms with Crippen molar-refractivity contribution in [2.75, 3.05) is 19.5 Å². The van der Waals surface area contributed by atoms with E-state index in [9.17, 15) is 4.79 Å². The molecule has 0 saturated heterocycles. The predicted octanol–water partition coefficient (Wildman–Crippen LogP) is 4.18. The number of benzene rings is 1. The summed E-state index contributed by atoms with van der Waals surface area (Å²) in [7, 11) is 1.67. The number of nitrogens with one attached hydrogen (secondary N) is 1. The molecule has 1 fully saturated rings. The van der Waals surface area contributed by atoms with E-state index in [0.717, 1.165) is 29.4 Å². The van der Waals surface area contributed by atoms with Crippen molar-refractivity contribution >= 4 is 29.3 Å². The van der Waals surface area contributed by atoms with Gasteiger partial charge in [-0.25, -0.2) is 0 Å². The van der Waals surface area contributed by atoms with Gasteiger partial charge in [-0.2, -0.15) is 0 Å². The van der Waals surface area contributed by atoms with Crippen molar-refractivity contribution in [3.63, 3.8) is 0 Å². The summed E-state index contributed by atoms with van der Waals surface area (Å²) in [5, 5.41) is 13.2. The highest BCUT2D eigenvalue weighted by Gasteiger charge is 2.18. The van der Waals surface area contributed by atoms with Gasteiger partial charge in [-0.05, 0) is 37.1 Å². The van der Waals surface area contributed by atoms with E-state index < -0.39 is 0 Å². The Bertz CT molecular complexity index is 758. The van der Waals surface area contributed by atoms with Crippen LogP contribution in [0, 0.1) is 0 Å². The summed E-state index contributed by atoms with van der Waals surface area (Å²) in [5.41, 5.74) is 0.933. The molecule has 0 bridgehead atoms. The number of amides is 1. The molecule has 0 atom stereocenters. The lowest BCUT2D eigenvalue weighted by Gasteiger charge is -2.16. The van der Waals surface area contributed by atoms with Crippen LogP contribution in [0.5, 0.6) is 0 Å². The van der Waals surface area contributed by atoms with Crippen LogP contribution in [-0.4, -0.2) is 46.2 Å². The average Bonchev–Trinajstić information content (AvgIpc) is 2.92. The second-order valence-corrected chi connectivity index (χ2v) is 8.38. The molecule has 1 aromatic heterocycles. The maximum Gasteiger partial charge on any atom is 0.230 e. The van der Waals surface area contributed by atoms with Gasteiger partial charge in [0.15, 0.2) is 11.0 Å². The maximum absolute atomic E-state index is 12.4. The van der Waals surface area contributed by atoms with E-state index in [1.165, 1.54) is 37.4 Å². The van der Waals surface area contributed by atoms with E-state index in [-0.39, 0.29) is 5.91 Å². The number of carbonyl (C=O) groups is 1. The van der Waals surface area contributed by atoms with Gasteiger partial charge in [0.1, 0.15) is 0 Å². The van der Waals surface area contributed by atoms with Crippen molar-refractivity contribution < 1.29 is 9.53 Å². The highest BCUT2D eigenvalue weighted by Crippen LogP contribution is 2.25. The maximum atomic E-state index is 12.4. The molecule has 1 heterocycles. The number of methoxy groups -OCH3 is 1. The topological polar surface area (TPSA) is 69.0 Å². The molecule has 28 heavy (non-hydrogen) atoms. The van der Waals surface area contributed by atoms with Crippen LogP contribution in [0.25, 0.3) is 11.4 Å². The minimum Gasteiger partial charge on any atom is -0.383 e. The summed E-state index contributed by atoms with van der Waals surface area (Å²) in [5.74, 6) is 1.15. The second kappa shape index (κ2) is 10.8. The largest absolute Gasteiger partial charge is 0.383 e. The molecule has 1 saturated carbocycles. The lowest BCUT2D eigenvalue weighted by atomic mass is 10.1. The fourth-order valence-electron chi connectivity index (χ4n) is 3.42. The first-order valence-corrected chi connectivity index (χ1v) is 11.1. The van der Waals surface area contributed by atoms with Gasteiger partial charge in [-0.1, -0.05) is 49.0 Å². The summed E-state index contributed by atoms with van der Waals surface area (Å²) >= 11 is 7.40. The first-order valence-electron chi connectivity index (χ1n) is 9.77. The molecule has 1 aliphatic rings. The van der Waals surface area contributed by atoms with Crippen LogP contribution in [0.15, 0.2) is 29.4 Å². The summed E-state index contributed by atoms with van der Waals surface area (Å²) in [6.45, 7) is 1.16. The predicted molar refractivity (Wildman–Crippen MR) is 113 cm³/mol. The van der Waals surface area contributed by atoms with Crippen molar-refractivity contribution in [1.82, 2.24) is 20.1 Å². The lowest BCUT2D eigenvalue weighted by molar-refractivity contribution is -0.119. The lowest BCUT2D eigenvalue weighted by Crippen LogP contribution is -2.35. The van der Waals surface area contributed by atoms with Crippen LogP contribution in [0.2, 0.25) is 5.02 Å². The number of nitrogens with zero attached hydrogens (tertiary/aromatic N) is 3. The Morgan fingerprint density at radius 1 is 1.21 bits per heavy atom. The summed E-state index contributed by atoms with van der Waals surface area (Å²) in [4.78, 5) is 12.4. The average molecular weight is 423 g/mol. The minimum atomic E-state index is 0.0613. The minimum absolute atomic E-state index is 0.0613. The summed E-state index contributed by atoms with van der Waals surface area (Å²) in [6.07, 6.45) is 7.12. The number of halogens is 1. The van der Waals surface area contributed by atoms with Crippen LogP contribution in [0.4, 0.5) is 0 Å². The summed E-state index contributed by atoms with van der Waals surface area (Å²) in [6, 6.07) is 7.82. The Kier molecular flexibility index (Phi) is 8.18. The van der Waals surface area contributed by atoms with Gasteiger partial charge >= 0.3 is 0 Å². The van der Waals surface area contributed by atoms with E-state index in [1.54, 1.807) is 7.11 Å². The van der Waals surface area contributed by atoms with Crippen LogP contribution < -0.4 is 5.32 Å². The number of ether oxygens (including phenoxy) is 1. The number of hydrogen-bond acceptors (Lipinski definition) is 5. The highest BCUT2D eigenvalue weighted by molar-refractivity contribution is 7.99. The molecule has 1 N–H and O–H groups in total. The number of thioether (sulfide) groups is 1. The molecule has 2 aromatic rings. The van der Waals surface area contributed by atoms with Crippen LogP contribution in [0.3, 0.4) is 0 Å². The van der Waals surface area contributed by atoms with Crippen molar-refractivity contribution in [3.8, 4) is 11.4 Å². The fraction of sp³-hybridized carbons (Fsp3) is 0.550. The molecule has 0 spiro atoms. The standard InChI is InChI=1S/C20H27ClN4O2S/c1-27-13-12-25-19(15-8-10-16(21)11-9-15)23-24-20(25)28-14-18(26)22-17-6-4-2-3-5-7-17/h8-11,17H,2-7,12-14H2,1H3,(H,22,26). The van der Waals surface area contributed by atoms with Crippen LogP contribution in [-0.2, 0) is 16.1 Å². The molecule has 0 radical (unpaired) electrons. The van der Waals surface area contributed by atoms with E-state index in [1.807, 2.05) is 28.8 Å². The van der Waals surface area contributed by atoms with Crippen molar-refractivity contribution in [3.05, 3.63) is 29.3 Å². The Labute approximate surface area is 175 Å². The normalized spacial score (nSPS) is 15.4. The number of hydrogen-bond donors (Lipinski definition) is 1. The quantitative estimate of drug-likeness (QED) is 0.510. The van der Waals surface area contributed by atoms with E-state index >= 15 is 0 Å². The van der Waals surface area contributed by atoms with Crippen molar-refractivity contribution in [2.24, 2.45) is 0 Å². The number of rotatable bonds is 8. The molecular weight excluding hydrogens is 396 g/mol.